The third kappa shape index (κ3) is 2.28. The topological polar surface area (TPSA) is 0 Å². The first-order valence-corrected chi connectivity index (χ1v) is 9.75. The van der Waals surface area contributed by atoms with E-state index >= 15 is 0 Å². The fraction of sp³-hybridized carbons (Fsp3) is 1.00. The molecular weight excluding hydrogens is 131 g/mol. The van der Waals surface area contributed by atoms with Crippen LogP contribution in [0.2, 0.25) is 0 Å². The van der Waals surface area contributed by atoms with Gasteiger partial charge < -0.3 is 0 Å². The van der Waals surface area contributed by atoms with Gasteiger partial charge in [0.1, 0.15) is 0 Å². The van der Waals surface area contributed by atoms with Crippen LogP contribution >= 0.6 is 6.81 Å². The molecule has 8 heavy (non-hydrogen) atoms. The Bertz CT molecular complexity index is 63.5. The first-order valence-electron chi connectivity index (χ1n) is 3.25. The van der Waals surface area contributed by atoms with Crippen molar-refractivity contribution in [3.8, 4) is 0 Å². The molecule has 0 fully saturated rings. The van der Waals surface area contributed by atoms with Crippen molar-refractivity contribution in [1.29, 1.82) is 0 Å². The van der Waals surface area contributed by atoms with Gasteiger partial charge >= 0.3 is 56.0 Å². The second kappa shape index (κ2) is 2.11. The zero-order chi connectivity index (χ0) is 7.00. The van der Waals surface area contributed by atoms with Crippen LogP contribution in [0, 0.1) is 0 Å². The Labute approximate surface area is 56.7 Å². The molecule has 0 aromatic carbocycles. The molecule has 0 saturated heterocycles. The summed E-state index contributed by atoms with van der Waals surface area (Å²) < 4.78 is 0. The van der Waals surface area contributed by atoms with Crippen molar-refractivity contribution in [3.63, 3.8) is 0 Å². The summed E-state index contributed by atoms with van der Waals surface area (Å²) in [5.41, 5.74) is 0. The minimum absolute atomic E-state index is 0.638. The van der Waals surface area contributed by atoms with Crippen LogP contribution in [0.5, 0.6) is 0 Å². The molecule has 0 bridgehead atoms. The van der Waals surface area contributed by atoms with E-state index in [1.54, 1.807) is 0 Å². The molecule has 0 nitrogen and oxygen atoms in total. The van der Waals surface area contributed by atoms with Crippen molar-refractivity contribution >= 4 is 16.7 Å². The molecule has 0 aromatic rings. The second-order valence-corrected chi connectivity index (χ2v) is 18.0. The summed E-state index contributed by atoms with van der Waals surface area (Å²) >= 11 is 0. The van der Waals surface area contributed by atoms with Gasteiger partial charge in [-0.25, -0.2) is 0 Å². The fourth-order valence-electron chi connectivity index (χ4n) is 0. The summed E-state index contributed by atoms with van der Waals surface area (Å²) in [4.78, 5) is 0. The van der Waals surface area contributed by atoms with Crippen LogP contribution < -0.4 is 0 Å². The number of hydrogen-bond acceptors (Lipinski definition) is 0. The Morgan fingerprint density at radius 3 is 1.25 bits per heavy atom. The monoisotopic (exact) mass is 150 g/mol. The zero-order valence-corrected chi connectivity index (χ0v) is 10.0. The van der Waals surface area contributed by atoms with Crippen LogP contribution in [0.1, 0.15) is 20.8 Å². The van der Waals surface area contributed by atoms with E-state index in [4.69, 9.17) is 0 Å². The van der Waals surface area contributed by atoms with Crippen molar-refractivity contribution < 1.29 is 0 Å². The Morgan fingerprint density at radius 2 is 1.25 bits per heavy atom. The number of hydrogen-bond donors (Lipinski definition) is 0. The molecule has 0 radical (unpaired) electrons. The molecule has 0 heterocycles. The fourth-order valence-corrected chi connectivity index (χ4v) is 0. The average Bonchev–Trinajstić information content (AvgIpc) is 1.25. The predicted octanol–water partition coefficient (Wildman–Crippen LogP) is 1.07. The summed E-state index contributed by atoms with van der Waals surface area (Å²) in [5.74, 6) is 0. The third-order valence-electron chi connectivity index (χ3n) is 2.25. The summed E-state index contributed by atoms with van der Waals surface area (Å²) in [6.07, 6.45) is 0. The molecule has 0 spiro atoms. The van der Waals surface area contributed by atoms with Crippen molar-refractivity contribution in [2.45, 2.75) is 25.9 Å². The van der Waals surface area contributed by atoms with Gasteiger partial charge in [-0.15, -0.1) is 0 Å². The van der Waals surface area contributed by atoms with Gasteiger partial charge in [-0.3, -0.25) is 0 Å². The van der Waals surface area contributed by atoms with Crippen LogP contribution in [0.4, 0.5) is 0 Å². The van der Waals surface area contributed by atoms with Crippen LogP contribution in [0.15, 0.2) is 0 Å². The van der Waals surface area contributed by atoms with E-state index in [9.17, 15) is 0 Å². The van der Waals surface area contributed by atoms with Crippen molar-refractivity contribution in [1.82, 2.24) is 0 Å². The molecule has 0 N–H and O–H groups in total. The molecule has 0 amide bonds. The predicted molar refractivity (Wildman–Crippen MR) is 49.9 cm³/mol. The van der Waals surface area contributed by atoms with E-state index in [-0.39, 0.29) is 0 Å². The summed E-state index contributed by atoms with van der Waals surface area (Å²) in [5, 5.41) is 0.638. The Kier molecular flexibility index (Phi) is 2.28. The van der Waals surface area contributed by atoms with Gasteiger partial charge in [0.15, 0.2) is 0 Å². The molecule has 0 aliphatic rings. The van der Waals surface area contributed by atoms with Crippen LogP contribution in [-0.4, -0.2) is 28.4 Å². The van der Waals surface area contributed by atoms with Crippen LogP contribution in [-0.2, 0) is 0 Å². The molecule has 0 rings (SSSR count). The quantitative estimate of drug-likeness (QED) is 0.358. The molecular formula is C6H19PSi. The molecule has 2 heteroatoms. The Morgan fingerprint density at radius 1 is 1.12 bits per heavy atom. The third-order valence-corrected chi connectivity index (χ3v) is 11.2. The maximum absolute atomic E-state index is 2.47. The Balaban J connectivity index is 4.02. The molecule has 0 saturated carbocycles. The summed E-state index contributed by atoms with van der Waals surface area (Å²) in [7, 11) is 1.43. The van der Waals surface area contributed by atoms with E-state index in [2.05, 4.69) is 34.1 Å². The van der Waals surface area contributed by atoms with Crippen LogP contribution in [0.25, 0.3) is 0 Å². The van der Waals surface area contributed by atoms with Gasteiger partial charge in [-0.05, 0) is 0 Å². The molecule has 0 aromatic heterocycles. The molecule has 0 unspecified atom stereocenters. The molecule has 0 aliphatic heterocycles. The van der Waals surface area contributed by atoms with E-state index in [1.807, 2.05) is 0 Å². The zero-order valence-electron chi connectivity index (χ0n) is 7.00. The van der Waals surface area contributed by atoms with Crippen molar-refractivity contribution in [3.05, 3.63) is 0 Å². The minimum atomic E-state index is -0.720. The maximum atomic E-state index is 2.47. The molecule has 0 atom stereocenters. The standard InChI is InChI=1S/C6H19PSi/c1-6(2,3)7(4,5)8/h7H,1-5,8H3. The first kappa shape index (κ1) is 8.65. The van der Waals surface area contributed by atoms with Gasteiger partial charge in [0.25, 0.3) is 0 Å². The van der Waals surface area contributed by atoms with Gasteiger partial charge in [0.05, 0.1) is 0 Å². The second-order valence-electron chi connectivity index (χ2n) is 4.50. The average molecular weight is 150 g/mol. The number of rotatable bonds is 0. The van der Waals surface area contributed by atoms with E-state index in [1.165, 1.54) is 9.91 Å². The van der Waals surface area contributed by atoms with Gasteiger partial charge in [0.2, 0.25) is 0 Å². The summed E-state index contributed by atoms with van der Waals surface area (Å²) in [6.45, 7) is 11.3. The van der Waals surface area contributed by atoms with E-state index in [0.717, 1.165) is 0 Å². The Hall–Kier alpha value is 0.647. The van der Waals surface area contributed by atoms with E-state index in [0.29, 0.717) is 5.16 Å². The van der Waals surface area contributed by atoms with Gasteiger partial charge in [-0.2, -0.15) is 0 Å². The molecule has 52 valence electrons. The molecule has 0 aliphatic carbocycles. The SMILES string of the molecule is CC(C)(C)[PH](C)(C)[SiH3]. The first-order chi connectivity index (χ1) is 3.25. The normalized spacial score (nSPS) is 16.6. The van der Waals surface area contributed by atoms with Crippen LogP contribution in [0.3, 0.4) is 0 Å². The van der Waals surface area contributed by atoms with Gasteiger partial charge in [0, 0.05) is 0 Å². The van der Waals surface area contributed by atoms with E-state index < -0.39 is 6.81 Å². The van der Waals surface area contributed by atoms with Gasteiger partial charge in [-0.1, -0.05) is 0 Å². The van der Waals surface area contributed by atoms with Crippen molar-refractivity contribution in [2.75, 3.05) is 13.3 Å². The van der Waals surface area contributed by atoms with Crippen molar-refractivity contribution in [2.24, 2.45) is 0 Å². The summed E-state index contributed by atoms with van der Waals surface area (Å²) in [6, 6.07) is 0.